The summed E-state index contributed by atoms with van der Waals surface area (Å²) in [4.78, 5) is 29.9. The van der Waals surface area contributed by atoms with Crippen LogP contribution in [0.1, 0.15) is 34.3 Å². The van der Waals surface area contributed by atoms with Crippen molar-refractivity contribution in [3.05, 3.63) is 59.3 Å². The van der Waals surface area contributed by atoms with Crippen LogP contribution in [0.15, 0.2) is 42.6 Å². The number of hydrogen-bond acceptors (Lipinski definition) is 4. The van der Waals surface area contributed by atoms with Crippen LogP contribution in [0.3, 0.4) is 0 Å². The first kappa shape index (κ1) is 17.0. The smallest absolute Gasteiger partial charge is 0.251 e. The fraction of sp³-hybridized carbons (Fsp3) is 0.316. The van der Waals surface area contributed by atoms with Gasteiger partial charge in [-0.05, 0) is 29.7 Å². The quantitative estimate of drug-likeness (QED) is 0.875. The second-order valence-electron chi connectivity index (χ2n) is 6.01. The number of nitrogens with one attached hydrogen (secondary N) is 1. The van der Waals surface area contributed by atoms with E-state index >= 15 is 0 Å². The molecule has 1 aromatic heterocycles. The standard InChI is InChI=1S/C19H21N3O3/c1-25-17-9-6-15(11-20-17)12-21-19(24)16-7-4-14(5-8-16)13-22-10-2-3-18(22)23/h4-9,11H,2-3,10,12-13H2,1H3,(H,21,24). The molecule has 130 valence electrons. The van der Waals surface area contributed by atoms with Crippen molar-refractivity contribution in [3.8, 4) is 5.88 Å². The molecule has 0 radical (unpaired) electrons. The van der Waals surface area contributed by atoms with Crippen molar-refractivity contribution in [1.82, 2.24) is 15.2 Å². The van der Waals surface area contributed by atoms with E-state index < -0.39 is 0 Å². The molecule has 0 spiro atoms. The molecule has 6 heteroatoms. The van der Waals surface area contributed by atoms with E-state index in [2.05, 4.69) is 10.3 Å². The molecule has 0 atom stereocenters. The van der Waals surface area contributed by atoms with Crippen molar-refractivity contribution in [2.45, 2.75) is 25.9 Å². The van der Waals surface area contributed by atoms with Gasteiger partial charge in [-0.2, -0.15) is 0 Å². The number of aromatic nitrogens is 1. The van der Waals surface area contributed by atoms with E-state index in [0.717, 1.165) is 24.1 Å². The predicted octanol–water partition coefficient (Wildman–Crippen LogP) is 2.14. The molecule has 0 saturated carbocycles. The molecule has 1 saturated heterocycles. The van der Waals surface area contributed by atoms with Gasteiger partial charge in [-0.1, -0.05) is 18.2 Å². The highest BCUT2D eigenvalue weighted by molar-refractivity contribution is 5.94. The summed E-state index contributed by atoms with van der Waals surface area (Å²) in [5, 5.41) is 2.87. The fourth-order valence-corrected chi connectivity index (χ4v) is 2.77. The van der Waals surface area contributed by atoms with E-state index in [-0.39, 0.29) is 11.8 Å². The van der Waals surface area contributed by atoms with Crippen LogP contribution >= 0.6 is 0 Å². The average Bonchev–Trinajstić information content (AvgIpc) is 3.05. The highest BCUT2D eigenvalue weighted by Crippen LogP contribution is 2.15. The van der Waals surface area contributed by atoms with Crippen LogP contribution in [0, 0.1) is 0 Å². The Bertz CT molecular complexity index is 742. The van der Waals surface area contributed by atoms with Crippen molar-refractivity contribution in [2.75, 3.05) is 13.7 Å². The number of hydrogen-bond donors (Lipinski definition) is 1. The normalized spacial score (nSPS) is 13.8. The highest BCUT2D eigenvalue weighted by atomic mass is 16.5. The van der Waals surface area contributed by atoms with E-state index in [1.165, 1.54) is 0 Å². The summed E-state index contributed by atoms with van der Waals surface area (Å²) < 4.78 is 5.01. The third-order valence-corrected chi connectivity index (χ3v) is 4.22. The number of carbonyl (C=O) groups is 2. The topological polar surface area (TPSA) is 71.5 Å². The molecule has 6 nitrogen and oxygen atoms in total. The number of likely N-dealkylation sites (tertiary alicyclic amines) is 1. The molecule has 1 fully saturated rings. The van der Waals surface area contributed by atoms with Gasteiger partial charge < -0.3 is 15.0 Å². The third kappa shape index (κ3) is 4.35. The number of rotatable bonds is 6. The van der Waals surface area contributed by atoms with Crippen molar-refractivity contribution in [3.63, 3.8) is 0 Å². The molecule has 25 heavy (non-hydrogen) atoms. The Morgan fingerprint density at radius 1 is 1.20 bits per heavy atom. The zero-order valence-electron chi connectivity index (χ0n) is 14.2. The Kier molecular flexibility index (Phi) is 5.28. The SMILES string of the molecule is COc1ccc(CNC(=O)c2ccc(CN3CCCC3=O)cc2)cn1. The maximum absolute atomic E-state index is 12.2. The largest absolute Gasteiger partial charge is 0.481 e. The number of nitrogens with zero attached hydrogens (tertiary/aromatic N) is 2. The lowest BCUT2D eigenvalue weighted by molar-refractivity contribution is -0.128. The van der Waals surface area contributed by atoms with Gasteiger partial charge in [0.1, 0.15) is 0 Å². The van der Waals surface area contributed by atoms with Crippen LogP contribution in [0.2, 0.25) is 0 Å². The average molecular weight is 339 g/mol. The number of amides is 2. The van der Waals surface area contributed by atoms with Crippen LogP contribution in [0.4, 0.5) is 0 Å². The molecular weight excluding hydrogens is 318 g/mol. The van der Waals surface area contributed by atoms with Crippen molar-refractivity contribution in [2.24, 2.45) is 0 Å². The van der Waals surface area contributed by atoms with Gasteiger partial charge in [0.2, 0.25) is 11.8 Å². The van der Waals surface area contributed by atoms with Crippen LogP contribution in [-0.4, -0.2) is 35.4 Å². The lowest BCUT2D eigenvalue weighted by atomic mass is 10.1. The minimum Gasteiger partial charge on any atom is -0.481 e. The number of pyridine rings is 1. The van der Waals surface area contributed by atoms with Crippen LogP contribution in [-0.2, 0) is 17.9 Å². The molecule has 2 amide bonds. The van der Waals surface area contributed by atoms with Crippen LogP contribution in [0.5, 0.6) is 5.88 Å². The third-order valence-electron chi connectivity index (χ3n) is 4.22. The summed E-state index contributed by atoms with van der Waals surface area (Å²) in [7, 11) is 1.56. The first-order chi connectivity index (χ1) is 12.2. The highest BCUT2D eigenvalue weighted by Gasteiger charge is 2.19. The summed E-state index contributed by atoms with van der Waals surface area (Å²) in [6.45, 7) is 1.83. The van der Waals surface area contributed by atoms with Crippen LogP contribution < -0.4 is 10.1 Å². The zero-order chi connectivity index (χ0) is 17.6. The summed E-state index contributed by atoms with van der Waals surface area (Å²) in [6, 6.07) is 11.0. The second-order valence-corrected chi connectivity index (χ2v) is 6.01. The maximum Gasteiger partial charge on any atom is 0.251 e. The molecule has 1 aliphatic heterocycles. The molecule has 1 aliphatic rings. The Morgan fingerprint density at radius 2 is 1.96 bits per heavy atom. The lowest BCUT2D eigenvalue weighted by Crippen LogP contribution is -2.24. The van der Waals surface area contributed by atoms with Gasteiger partial charge in [0.25, 0.3) is 5.91 Å². The molecular formula is C19H21N3O3. The van der Waals surface area contributed by atoms with Gasteiger partial charge in [-0.15, -0.1) is 0 Å². The molecule has 3 rings (SSSR count). The van der Waals surface area contributed by atoms with E-state index in [1.54, 1.807) is 31.5 Å². The van der Waals surface area contributed by atoms with Gasteiger partial charge in [0, 0.05) is 43.9 Å². The first-order valence-electron chi connectivity index (χ1n) is 8.29. The van der Waals surface area contributed by atoms with Gasteiger partial charge in [-0.3, -0.25) is 9.59 Å². The maximum atomic E-state index is 12.2. The van der Waals surface area contributed by atoms with Crippen molar-refractivity contribution >= 4 is 11.8 Å². The number of methoxy groups -OCH3 is 1. The summed E-state index contributed by atoms with van der Waals surface area (Å²) >= 11 is 0. The summed E-state index contributed by atoms with van der Waals surface area (Å²) in [6.07, 6.45) is 3.25. The minimum absolute atomic E-state index is 0.139. The Morgan fingerprint density at radius 3 is 2.56 bits per heavy atom. The molecule has 1 aromatic carbocycles. The van der Waals surface area contributed by atoms with Gasteiger partial charge in [-0.25, -0.2) is 4.98 Å². The van der Waals surface area contributed by atoms with Crippen molar-refractivity contribution < 1.29 is 14.3 Å². The minimum atomic E-state index is -0.139. The summed E-state index contributed by atoms with van der Waals surface area (Å²) in [5.41, 5.74) is 2.53. The molecule has 0 unspecified atom stereocenters. The molecule has 0 bridgehead atoms. The van der Waals surface area contributed by atoms with Crippen molar-refractivity contribution in [1.29, 1.82) is 0 Å². The molecule has 2 heterocycles. The fourth-order valence-electron chi connectivity index (χ4n) is 2.77. The number of benzene rings is 1. The molecule has 1 N–H and O–H groups in total. The van der Waals surface area contributed by atoms with Gasteiger partial charge in [0.15, 0.2) is 0 Å². The van der Waals surface area contributed by atoms with E-state index in [1.807, 2.05) is 23.1 Å². The monoisotopic (exact) mass is 339 g/mol. The Labute approximate surface area is 146 Å². The molecule has 0 aliphatic carbocycles. The number of ether oxygens (including phenoxy) is 1. The van der Waals surface area contributed by atoms with E-state index in [0.29, 0.717) is 31.0 Å². The Hall–Kier alpha value is -2.89. The first-order valence-corrected chi connectivity index (χ1v) is 8.29. The van der Waals surface area contributed by atoms with E-state index in [4.69, 9.17) is 4.74 Å². The zero-order valence-corrected chi connectivity index (χ0v) is 14.2. The molecule has 2 aromatic rings. The van der Waals surface area contributed by atoms with E-state index in [9.17, 15) is 9.59 Å². The summed E-state index contributed by atoms with van der Waals surface area (Å²) in [5.74, 6) is 0.608. The van der Waals surface area contributed by atoms with Crippen LogP contribution in [0.25, 0.3) is 0 Å². The van der Waals surface area contributed by atoms with Gasteiger partial charge in [0.05, 0.1) is 7.11 Å². The van der Waals surface area contributed by atoms with Gasteiger partial charge >= 0.3 is 0 Å². The Balaban J connectivity index is 1.54. The number of carbonyl (C=O) groups excluding carboxylic acids is 2. The second kappa shape index (κ2) is 7.79. The predicted molar refractivity (Wildman–Crippen MR) is 93.1 cm³/mol. The lowest BCUT2D eigenvalue weighted by Gasteiger charge is -2.15.